The van der Waals surface area contributed by atoms with Crippen LogP contribution in [-0.4, -0.2) is 26.7 Å². The number of rotatable bonds is 2. The minimum Gasteiger partial charge on any atom is -0.390 e. The van der Waals surface area contributed by atoms with Crippen LogP contribution in [-0.2, 0) is 0 Å². The van der Waals surface area contributed by atoms with E-state index in [1.807, 2.05) is 12.3 Å². The third-order valence-electron chi connectivity index (χ3n) is 6.26. The number of nitrogens with zero attached hydrogens (tertiary/aromatic N) is 2. The van der Waals surface area contributed by atoms with Gasteiger partial charge in [0.1, 0.15) is 11.7 Å². The Morgan fingerprint density at radius 2 is 2.09 bits per heavy atom. The van der Waals surface area contributed by atoms with E-state index in [1.54, 1.807) is 6.20 Å². The molecule has 0 radical (unpaired) electrons. The summed E-state index contributed by atoms with van der Waals surface area (Å²) in [6.45, 7) is 0. The van der Waals surface area contributed by atoms with Gasteiger partial charge in [0.2, 0.25) is 0 Å². The molecule has 0 aliphatic heterocycles. The summed E-state index contributed by atoms with van der Waals surface area (Å²) in [6, 6.07) is 4.61. The molecule has 0 spiro atoms. The average molecular weight is 308 g/mol. The molecule has 118 valence electrons. The van der Waals surface area contributed by atoms with Crippen molar-refractivity contribution in [3.8, 4) is 6.07 Å². The first kappa shape index (κ1) is 13.4. The molecule has 2 aromatic rings. The summed E-state index contributed by atoms with van der Waals surface area (Å²) >= 11 is 0. The Bertz CT molecular complexity index is 804. The summed E-state index contributed by atoms with van der Waals surface area (Å²) in [5.74, 6) is 1.72. The Morgan fingerprint density at radius 3 is 2.78 bits per heavy atom. The topological polar surface area (TPSA) is 84.7 Å². The molecule has 4 aliphatic carbocycles. The molecule has 5 nitrogen and oxygen atoms in total. The molecular formula is C18H20N4O. The lowest BCUT2D eigenvalue weighted by Crippen LogP contribution is -2.59. The molecule has 0 amide bonds. The van der Waals surface area contributed by atoms with Gasteiger partial charge in [-0.25, -0.2) is 4.98 Å². The zero-order chi connectivity index (χ0) is 15.6. The average Bonchev–Trinajstić information content (AvgIpc) is 2.98. The van der Waals surface area contributed by atoms with Crippen molar-refractivity contribution in [2.75, 3.05) is 5.32 Å². The monoisotopic (exact) mass is 308 g/mol. The number of nitriles is 1. The highest BCUT2D eigenvalue weighted by Crippen LogP contribution is 2.56. The van der Waals surface area contributed by atoms with E-state index in [9.17, 15) is 10.4 Å². The molecule has 4 bridgehead atoms. The Kier molecular flexibility index (Phi) is 2.61. The van der Waals surface area contributed by atoms with Gasteiger partial charge in [-0.3, -0.25) is 0 Å². The van der Waals surface area contributed by atoms with E-state index in [-0.39, 0.29) is 0 Å². The molecule has 2 aromatic heterocycles. The fourth-order valence-corrected chi connectivity index (χ4v) is 5.63. The first-order chi connectivity index (χ1) is 11.1. The first-order valence-electron chi connectivity index (χ1n) is 8.50. The van der Waals surface area contributed by atoms with Gasteiger partial charge in [-0.05, 0) is 55.9 Å². The van der Waals surface area contributed by atoms with E-state index in [1.165, 1.54) is 12.8 Å². The maximum absolute atomic E-state index is 10.7. The number of aromatic nitrogens is 2. The van der Waals surface area contributed by atoms with Crippen LogP contribution >= 0.6 is 0 Å². The van der Waals surface area contributed by atoms with Crippen LogP contribution in [0.15, 0.2) is 18.5 Å². The second kappa shape index (κ2) is 4.48. The highest BCUT2D eigenvalue weighted by atomic mass is 16.3. The van der Waals surface area contributed by atoms with Crippen LogP contribution in [0.3, 0.4) is 0 Å². The Hall–Kier alpha value is -2.06. The lowest BCUT2D eigenvalue weighted by atomic mass is 9.52. The van der Waals surface area contributed by atoms with Gasteiger partial charge >= 0.3 is 0 Å². The summed E-state index contributed by atoms with van der Waals surface area (Å²) in [4.78, 5) is 7.43. The predicted molar refractivity (Wildman–Crippen MR) is 86.7 cm³/mol. The maximum atomic E-state index is 10.7. The number of hydrogen-bond acceptors (Lipinski definition) is 4. The molecule has 0 saturated heterocycles. The van der Waals surface area contributed by atoms with Crippen molar-refractivity contribution >= 4 is 16.7 Å². The van der Waals surface area contributed by atoms with E-state index in [2.05, 4.69) is 21.4 Å². The lowest BCUT2D eigenvalue weighted by molar-refractivity contribution is -0.129. The van der Waals surface area contributed by atoms with Gasteiger partial charge in [-0.1, -0.05) is 0 Å². The fourth-order valence-electron chi connectivity index (χ4n) is 5.63. The summed E-state index contributed by atoms with van der Waals surface area (Å²) in [6.07, 6.45) is 8.73. The summed E-state index contributed by atoms with van der Waals surface area (Å²) in [7, 11) is 0. The Morgan fingerprint density at radius 1 is 1.30 bits per heavy atom. The third kappa shape index (κ3) is 1.91. The van der Waals surface area contributed by atoms with Crippen LogP contribution < -0.4 is 5.32 Å². The fraction of sp³-hybridized carbons (Fsp3) is 0.556. The normalized spacial score (nSPS) is 37.9. The molecule has 3 N–H and O–H groups in total. The second-order valence-electron chi connectivity index (χ2n) is 7.76. The number of anilines is 1. The van der Waals surface area contributed by atoms with Crippen LogP contribution in [0.25, 0.3) is 11.0 Å². The molecule has 2 heterocycles. The molecule has 2 unspecified atom stereocenters. The summed E-state index contributed by atoms with van der Waals surface area (Å²) < 4.78 is 0. The zero-order valence-electron chi connectivity index (χ0n) is 12.9. The highest BCUT2D eigenvalue weighted by Gasteiger charge is 2.54. The highest BCUT2D eigenvalue weighted by molar-refractivity contribution is 5.92. The number of H-pyrrole nitrogens is 1. The van der Waals surface area contributed by atoms with Gasteiger partial charge in [-0.15, -0.1) is 0 Å². The van der Waals surface area contributed by atoms with Gasteiger partial charge in [-0.2, -0.15) is 5.26 Å². The van der Waals surface area contributed by atoms with E-state index in [0.29, 0.717) is 29.4 Å². The van der Waals surface area contributed by atoms with Gasteiger partial charge in [0.15, 0.2) is 0 Å². The van der Waals surface area contributed by atoms with Crippen LogP contribution in [0.4, 0.5) is 5.69 Å². The molecule has 4 saturated carbocycles. The molecule has 4 aliphatic rings. The molecule has 0 aromatic carbocycles. The van der Waals surface area contributed by atoms with Crippen molar-refractivity contribution in [2.45, 2.75) is 43.7 Å². The van der Waals surface area contributed by atoms with Gasteiger partial charge < -0.3 is 15.4 Å². The van der Waals surface area contributed by atoms with Crippen molar-refractivity contribution in [1.29, 1.82) is 5.26 Å². The van der Waals surface area contributed by atoms with Crippen molar-refractivity contribution < 1.29 is 5.11 Å². The molecule has 23 heavy (non-hydrogen) atoms. The van der Waals surface area contributed by atoms with Crippen LogP contribution in [0, 0.1) is 29.1 Å². The third-order valence-corrected chi connectivity index (χ3v) is 6.26. The SMILES string of the molecule is N#Cc1cnc2[nH]ccc2c1N[C@H]1C2CC3CC1C[C@](O)(C3)C2. The van der Waals surface area contributed by atoms with Crippen LogP contribution in [0.5, 0.6) is 0 Å². The largest absolute Gasteiger partial charge is 0.390 e. The van der Waals surface area contributed by atoms with Gasteiger partial charge in [0.05, 0.1) is 16.9 Å². The van der Waals surface area contributed by atoms with Crippen molar-refractivity contribution in [3.05, 3.63) is 24.0 Å². The standard InChI is InChI=1S/C18H20N4O/c19-8-13-9-21-17-14(1-2-20-17)16(13)22-15-11-3-10-4-12(15)7-18(23,5-10)6-11/h1-2,9-12,15,23H,3-7H2,(H2,20,21,22)/t10?,11?,12?,15-,18-. The molecule has 4 fully saturated rings. The minimum absolute atomic E-state index is 0.361. The van der Waals surface area contributed by atoms with E-state index >= 15 is 0 Å². The molecule has 6 rings (SSSR count). The number of hydrogen-bond donors (Lipinski definition) is 3. The van der Waals surface area contributed by atoms with Crippen molar-refractivity contribution in [2.24, 2.45) is 17.8 Å². The zero-order valence-corrected chi connectivity index (χ0v) is 12.9. The number of nitrogens with one attached hydrogen (secondary N) is 2. The quantitative estimate of drug-likeness (QED) is 0.796. The Balaban J connectivity index is 1.53. The van der Waals surface area contributed by atoms with Gasteiger partial charge in [0.25, 0.3) is 0 Å². The maximum Gasteiger partial charge on any atom is 0.139 e. The number of aliphatic hydroxyl groups is 1. The second-order valence-corrected chi connectivity index (χ2v) is 7.76. The number of fused-ring (bicyclic) bond motifs is 1. The van der Waals surface area contributed by atoms with Crippen molar-refractivity contribution in [3.63, 3.8) is 0 Å². The van der Waals surface area contributed by atoms with Crippen LogP contribution in [0.1, 0.15) is 37.7 Å². The molecule has 5 heteroatoms. The predicted octanol–water partition coefficient (Wildman–Crippen LogP) is 2.79. The molecular weight excluding hydrogens is 288 g/mol. The smallest absolute Gasteiger partial charge is 0.139 e. The van der Waals surface area contributed by atoms with Crippen LogP contribution in [0.2, 0.25) is 0 Å². The first-order valence-corrected chi connectivity index (χ1v) is 8.50. The summed E-state index contributed by atoms with van der Waals surface area (Å²) in [5.41, 5.74) is 1.90. The van der Waals surface area contributed by atoms with E-state index < -0.39 is 5.60 Å². The van der Waals surface area contributed by atoms with Crippen molar-refractivity contribution in [1.82, 2.24) is 9.97 Å². The van der Waals surface area contributed by atoms with E-state index in [4.69, 9.17) is 0 Å². The Labute approximate surface area is 134 Å². The minimum atomic E-state index is -0.422. The summed E-state index contributed by atoms with van der Waals surface area (Å²) in [5, 5.41) is 24.9. The molecule has 2 atom stereocenters. The lowest BCUT2D eigenvalue weighted by Gasteiger charge is -2.58. The van der Waals surface area contributed by atoms with Gasteiger partial charge in [0, 0.05) is 23.8 Å². The number of aromatic amines is 1. The van der Waals surface area contributed by atoms with E-state index in [0.717, 1.165) is 36.0 Å². The number of pyridine rings is 1.